The van der Waals surface area contributed by atoms with E-state index in [1.165, 1.54) is 60.3 Å². The van der Waals surface area contributed by atoms with Gasteiger partial charge in [0.05, 0.1) is 23.0 Å². The second-order valence-corrected chi connectivity index (χ2v) is 8.59. The molecule has 2 aromatic carbocycles. The van der Waals surface area contributed by atoms with E-state index in [1.807, 2.05) is 12.1 Å². The minimum atomic E-state index is 0.405. The molecule has 0 spiro atoms. The summed E-state index contributed by atoms with van der Waals surface area (Å²) in [5.41, 5.74) is 7.84. The molecule has 4 nitrogen and oxygen atoms in total. The van der Waals surface area contributed by atoms with Gasteiger partial charge in [-0.1, -0.05) is 18.2 Å². The van der Waals surface area contributed by atoms with Gasteiger partial charge in [-0.3, -0.25) is 4.90 Å². The van der Waals surface area contributed by atoms with E-state index in [2.05, 4.69) is 52.4 Å². The summed E-state index contributed by atoms with van der Waals surface area (Å²) >= 11 is 0. The smallest absolute Gasteiger partial charge is 0.112 e. The molecule has 0 radical (unpaired) electrons. The molecule has 0 aromatic heterocycles. The predicted octanol–water partition coefficient (Wildman–Crippen LogP) is 4.25. The lowest BCUT2D eigenvalue weighted by Gasteiger charge is -2.37. The Morgan fingerprint density at radius 1 is 1.11 bits per heavy atom. The highest BCUT2D eigenvalue weighted by molar-refractivity contribution is 5.81. The van der Waals surface area contributed by atoms with Crippen molar-refractivity contribution in [3.8, 4) is 6.07 Å². The van der Waals surface area contributed by atoms with Crippen molar-refractivity contribution in [2.75, 3.05) is 36.4 Å². The van der Waals surface area contributed by atoms with E-state index in [1.54, 1.807) is 0 Å². The highest BCUT2D eigenvalue weighted by atomic mass is 15.4. The number of likely N-dealkylation sites (tertiary alicyclic amines) is 1. The molecule has 1 fully saturated rings. The molecule has 1 atom stereocenters. The Morgan fingerprint density at radius 3 is 2.64 bits per heavy atom. The fraction of sp³-hybridized carbons (Fsp3) is 0.458. The molecule has 28 heavy (non-hydrogen) atoms. The van der Waals surface area contributed by atoms with Gasteiger partial charge in [0.25, 0.3) is 0 Å². The normalized spacial score (nSPS) is 21.9. The second kappa shape index (κ2) is 7.14. The van der Waals surface area contributed by atoms with Crippen LogP contribution in [0.5, 0.6) is 0 Å². The molecular formula is C24H28N4. The Kier molecular flexibility index (Phi) is 4.49. The van der Waals surface area contributed by atoms with E-state index < -0.39 is 0 Å². The standard InChI is InChI=1S/C24H28N4/c1-17-13-21-3-2-10-28-23(26-22(14-17)24(21)28)16-27-11-8-20(9-12-27)19-6-4-18(15-25)5-7-19/h4-7,13-14,20,23,26H,2-3,8-12,16H2,1H3. The maximum atomic E-state index is 8.99. The summed E-state index contributed by atoms with van der Waals surface area (Å²) in [5.74, 6) is 0.627. The number of hydrogen-bond acceptors (Lipinski definition) is 4. The van der Waals surface area contributed by atoms with Gasteiger partial charge in [-0.05, 0) is 86.5 Å². The average Bonchev–Trinajstić information content (AvgIpc) is 3.07. The molecule has 1 unspecified atom stereocenters. The zero-order chi connectivity index (χ0) is 19.1. The van der Waals surface area contributed by atoms with Crippen LogP contribution in [0.15, 0.2) is 36.4 Å². The van der Waals surface area contributed by atoms with E-state index in [4.69, 9.17) is 5.26 Å². The molecule has 3 heterocycles. The minimum absolute atomic E-state index is 0.405. The number of piperidine rings is 1. The lowest BCUT2D eigenvalue weighted by Crippen LogP contribution is -2.48. The van der Waals surface area contributed by atoms with Crippen molar-refractivity contribution in [3.05, 3.63) is 58.7 Å². The number of rotatable bonds is 3. The van der Waals surface area contributed by atoms with Gasteiger partial charge >= 0.3 is 0 Å². The van der Waals surface area contributed by atoms with Crippen molar-refractivity contribution >= 4 is 11.4 Å². The number of anilines is 2. The van der Waals surface area contributed by atoms with Crippen LogP contribution >= 0.6 is 0 Å². The quantitative estimate of drug-likeness (QED) is 0.875. The van der Waals surface area contributed by atoms with Crippen LogP contribution in [-0.2, 0) is 6.42 Å². The van der Waals surface area contributed by atoms with Crippen LogP contribution < -0.4 is 10.2 Å². The van der Waals surface area contributed by atoms with Gasteiger partial charge in [0.1, 0.15) is 6.17 Å². The molecule has 5 rings (SSSR count). The van der Waals surface area contributed by atoms with E-state index in [9.17, 15) is 0 Å². The molecule has 3 aliphatic heterocycles. The molecule has 1 saturated heterocycles. The molecule has 2 aromatic rings. The van der Waals surface area contributed by atoms with Crippen LogP contribution in [0.3, 0.4) is 0 Å². The Labute approximate surface area is 167 Å². The molecule has 0 saturated carbocycles. The van der Waals surface area contributed by atoms with Gasteiger partial charge in [-0.25, -0.2) is 0 Å². The van der Waals surface area contributed by atoms with Gasteiger partial charge in [-0.2, -0.15) is 5.26 Å². The molecular weight excluding hydrogens is 344 g/mol. The highest BCUT2D eigenvalue weighted by Gasteiger charge is 2.34. The van der Waals surface area contributed by atoms with Gasteiger partial charge in [-0.15, -0.1) is 0 Å². The number of aryl methyl sites for hydroxylation is 2. The van der Waals surface area contributed by atoms with Crippen LogP contribution in [0.4, 0.5) is 11.4 Å². The zero-order valence-electron chi connectivity index (χ0n) is 16.6. The third-order valence-corrected chi connectivity index (χ3v) is 6.69. The molecule has 144 valence electrons. The molecule has 1 N–H and O–H groups in total. The van der Waals surface area contributed by atoms with Crippen LogP contribution in [0, 0.1) is 18.3 Å². The summed E-state index contributed by atoms with van der Waals surface area (Å²) in [5, 5.41) is 12.8. The average molecular weight is 373 g/mol. The summed E-state index contributed by atoms with van der Waals surface area (Å²) < 4.78 is 0. The fourth-order valence-electron chi connectivity index (χ4n) is 5.28. The van der Waals surface area contributed by atoms with E-state index in [0.717, 1.165) is 25.2 Å². The maximum absolute atomic E-state index is 8.99. The van der Waals surface area contributed by atoms with Gasteiger partial charge in [0.2, 0.25) is 0 Å². The third kappa shape index (κ3) is 3.14. The molecule has 0 bridgehead atoms. The monoisotopic (exact) mass is 372 g/mol. The number of benzene rings is 2. The third-order valence-electron chi connectivity index (χ3n) is 6.69. The van der Waals surface area contributed by atoms with Crippen LogP contribution in [0.1, 0.15) is 47.4 Å². The topological polar surface area (TPSA) is 42.3 Å². The summed E-state index contributed by atoms with van der Waals surface area (Å²) in [4.78, 5) is 5.24. The molecule has 0 aliphatic carbocycles. The first-order valence-electron chi connectivity index (χ1n) is 10.6. The lowest BCUT2D eigenvalue weighted by molar-refractivity contribution is 0.204. The molecule has 3 aliphatic rings. The van der Waals surface area contributed by atoms with Crippen LogP contribution in [-0.4, -0.2) is 37.2 Å². The van der Waals surface area contributed by atoms with E-state index in [-0.39, 0.29) is 0 Å². The summed E-state index contributed by atoms with van der Waals surface area (Å²) in [7, 11) is 0. The van der Waals surface area contributed by atoms with Gasteiger partial charge in [0, 0.05) is 13.1 Å². The largest absolute Gasteiger partial charge is 0.362 e. The summed E-state index contributed by atoms with van der Waals surface area (Å²) in [6, 6.07) is 15.1. The lowest BCUT2D eigenvalue weighted by atomic mass is 9.89. The number of nitrogens with one attached hydrogen (secondary N) is 1. The highest BCUT2D eigenvalue weighted by Crippen LogP contribution is 2.42. The van der Waals surface area contributed by atoms with Crippen LogP contribution in [0.25, 0.3) is 0 Å². The Balaban J connectivity index is 1.23. The number of nitrogens with zero attached hydrogens (tertiary/aromatic N) is 3. The number of hydrogen-bond donors (Lipinski definition) is 1. The van der Waals surface area contributed by atoms with Crippen molar-refractivity contribution in [1.82, 2.24) is 4.90 Å². The first-order chi connectivity index (χ1) is 13.7. The Morgan fingerprint density at radius 2 is 1.89 bits per heavy atom. The fourth-order valence-corrected chi connectivity index (χ4v) is 5.28. The van der Waals surface area contributed by atoms with Crippen molar-refractivity contribution < 1.29 is 0 Å². The van der Waals surface area contributed by atoms with Crippen molar-refractivity contribution in [1.29, 1.82) is 5.26 Å². The Bertz CT molecular complexity index is 903. The van der Waals surface area contributed by atoms with Crippen molar-refractivity contribution in [2.45, 2.75) is 44.7 Å². The molecule has 4 heteroatoms. The van der Waals surface area contributed by atoms with Gasteiger partial charge in [0.15, 0.2) is 0 Å². The second-order valence-electron chi connectivity index (χ2n) is 8.59. The van der Waals surface area contributed by atoms with E-state index >= 15 is 0 Å². The van der Waals surface area contributed by atoms with Crippen molar-refractivity contribution in [3.63, 3.8) is 0 Å². The maximum Gasteiger partial charge on any atom is 0.112 e. The zero-order valence-corrected chi connectivity index (χ0v) is 16.6. The Hall–Kier alpha value is -2.51. The van der Waals surface area contributed by atoms with Crippen molar-refractivity contribution in [2.24, 2.45) is 0 Å². The predicted molar refractivity (Wildman–Crippen MR) is 114 cm³/mol. The first kappa shape index (κ1) is 17.6. The summed E-state index contributed by atoms with van der Waals surface area (Å²) in [6.07, 6.45) is 5.29. The molecule has 0 amide bonds. The number of nitriles is 1. The van der Waals surface area contributed by atoms with Gasteiger partial charge < -0.3 is 10.2 Å². The SMILES string of the molecule is Cc1cc2c3c(c1)NC(CN1CCC(c4ccc(C#N)cc4)CC1)N3CCC2. The first-order valence-corrected chi connectivity index (χ1v) is 10.6. The minimum Gasteiger partial charge on any atom is -0.362 e. The summed E-state index contributed by atoms with van der Waals surface area (Å²) in [6.45, 7) is 6.77. The van der Waals surface area contributed by atoms with Crippen LogP contribution in [0.2, 0.25) is 0 Å². The van der Waals surface area contributed by atoms with E-state index in [0.29, 0.717) is 12.1 Å².